The van der Waals surface area contributed by atoms with Crippen molar-refractivity contribution in [2.45, 2.75) is 32.9 Å². The molecule has 0 radical (unpaired) electrons. The molecule has 0 amide bonds. The highest BCUT2D eigenvalue weighted by Gasteiger charge is 2.23. The van der Waals surface area contributed by atoms with E-state index in [-0.39, 0.29) is 5.41 Å². The molecule has 25 heavy (non-hydrogen) atoms. The first-order valence-electron chi connectivity index (χ1n) is 8.29. The Morgan fingerprint density at radius 2 is 2.00 bits per heavy atom. The number of nitrogens with zero attached hydrogens (tertiary/aromatic N) is 6. The van der Waals surface area contributed by atoms with Gasteiger partial charge in [-0.1, -0.05) is 20.8 Å². The zero-order chi connectivity index (χ0) is 18.0. The van der Waals surface area contributed by atoms with Gasteiger partial charge in [-0.25, -0.2) is 9.67 Å². The average Bonchev–Trinajstić information content (AvgIpc) is 2.97. The molecular formula is C17H22N6OS. The molecule has 7 nitrogen and oxygen atoms in total. The maximum atomic E-state index is 9.02. The fourth-order valence-electron chi connectivity index (χ4n) is 2.67. The molecule has 132 valence electrons. The molecule has 1 aliphatic rings. The topological polar surface area (TPSA) is 74.1 Å². The van der Waals surface area contributed by atoms with Gasteiger partial charge < -0.3 is 9.32 Å². The second kappa shape index (κ2) is 6.94. The van der Waals surface area contributed by atoms with Gasteiger partial charge in [0.25, 0.3) is 4.84 Å². The van der Waals surface area contributed by atoms with Crippen molar-refractivity contribution in [2.75, 3.05) is 31.1 Å². The lowest BCUT2D eigenvalue weighted by atomic mass is 9.97. The Bertz CT molecular complexity index is 836. The fourth-order valence-corrected chi connectivity index (χ4v) is 2.84. The van der Waals surface area contributed by atoms with Crippen LogP contribution in [0.15, 0.2) is 22.7 Å². The van der Waals surface area contributed by atoms with Gasteiger partial charge in [0.05, 0.1) is 18.3 Å². The summed E-state index contributed by atoms with van der Waals surface area (Å²) in [5.41, 5.74) is 0.477. The number of rotatable bonds is 3. The van der Waals surface area contributed by atoms with E-state index in [0.717, 1.165) is 32.0 Å². The molecule has 0 saturated carbocycles. The number of hydrogen-bond acceptors (Lipinski definition) is 7. The summed E-state index contributed by atoms with van der Waals surface area (Å²) in [5.74, 6) is 1.51. The minimum Gasteiger partial charge on any atom is -0.413 e. The van der Waals surface area contributed by atoms with E-state index in [9.17, 15) is 0 Å². The van der Waals surface area contributed by atoms with E-state index in [1.165, 1.54) is 0 Å². The number of hydrogen-bond donors (Lipinski definition) is 0. The fraction of sp³-hybridized carbons (Fsp3) is 0.529. The molecule has 1 fully saturated rings. The number of anilines is 1. The summed E-state index contributed by atoms with van der Waals surface area (Å²) in [7, 11) is 0. The van der Waals surface area contributed by atoms with Crippen LogP contribution in [0.3, 0.4) is 0 Å². The molecule has 3 heterocycles. The van der Waals surface area contributed by atoms with Crippen molar-refractivity contribution in [1.82, 2.24) is 19.7 Å². The van der Waals surface area contributed by atoms with Gasteiger partial charge in [0.2, 0.25) is 5.89 Å². The van der Waals surface area contributed by atoms with Crippen molar-refractivity contribution in [3.63, 3.8) is 0 Å². The molecule has 3 rings (SSSR count). The second-order valence-electron chi connectivity index (χ2n) is 7.18. The van der Waals surface area contributed by atoms with Crippen LogP contribution in [0, 0.1) is 16.2 Å². The molecule has 1 saturated heterocycles. The maximum absolute atomic E-state index is 9.02. The van der Waals surface area contributed by atoms with Crippen LogP contribution in [0.1, 0.15) is 32.2 Å². The molecule has 0 aliphatic carbocycles. The summed E-state index contributed by atoms with van der Waals surface area (Å²) >= 11 is 5.29. The first-order chi connectivity index (χ1) is 11.9. The summed E-state index contributed by atoms with van der Waals surface area (Å²) in [6.07, 6.45) is 1.68. The predicted molar refractivity (Wildman–Crippen MR) is 96.8 cm³/mol. The Labute approximate surface area is 152 Å². The van der Waals surface area contributed by atoms with E-state index in [1.807, 2.05) is 6.07 Å². The van der Waals surface area contributed by atoms with Crippen LogP contribution in [-0.4, -0.2) is 45.8 Å². The Morgan fingerprint density at radius 1 is 1.28 bits per heavy atom. The van der Waals surface area contributed by atoms with Gasteiger partial charge in [0.15, 0.2) is 0 Å². The highest BCUT2D eigenvalue weighted by atomic mass is 32.1. The minimum absolute atomic E-state index is 0.158. The smallest absolute Gasteiger partial charge is 0.288 e. The Kier molecular flexibility index (Phi) is 4.88. The third-order valence-corrected chi connectivity index (χ3v) is 4.45. The Morgan fingerprint density at radius 3 is 2.60 bits per heavy atom. The van der Waals surface area contributed by atoms with Crippen molar-refractivity contribution in [2.24, 2.45) is 0 Å². The van der Waals surface area contributed by atoms with Gasteiger partial charge in [-0.3, -0.25) is 4.90 Å². The second-order valence-corrected chi connectivity index (χ2v) is 7.53. The summed E-state index contributed by atoms with van der Waals surface area (Å²) in [6.45, 7) is 10.2. The first kappa shape index (κ1) is 17.6. The lowest BCUT2D eigenvalue weighted by molar-refractivity contribution is 0.191. The molecule has 0 aromatic carbocycles. The summed E-state index contributed by atoms with van der Waals surface area (Å²) in [4.78, 5) is 9.27. The molecule has 0 atom stereocenters. The molecular weight excluding hydrogens is 336 g/mol. The quantitative estimate of drug-likeness (QED) is 0.781. The third-order valence-electron chi connectivity index (χ3n) is 4.15. The molecule has 0 bridgehead atoms. The van der Waals surface area contributed by atoms with Crippen LogP contribution < -0.4 is 4.90 Å². The molecule has 0 N–H and O–H groups in total. The van der Waals surface area contributed by atoms with Crippen LogP contribution in [0.25, 0.3) is 0 Å². The predicted octanol–water partition coefficient (Wildman–Crippen LogP) is 2.55. The van der Waals surface area contributed by atoms with E-state index < -0.39 is 0 Å². The summed E-state index contributed by atoms with van der Waals surface area (Å²) in [6, 6.07) is 5.71. The van der Waals surface area contributed by atoms with E-state index in [1.54, 1.807) is 16.9 Å². The highest BCUT2D eigenvalue weighted by Crippen LogP contribution is 2.21. The number of piperazine rings is 1. The van der Waals surface area contributed by atoms with E-state index in [2.05, 4.69) is 46.7 Å². The zero-order valence-electron chi connectivity index (χ0n) is 14.8. The monoisotopic (exact) mass is 358 g/mol. The minimum atomic E-state index is -0.158. The average molecular weight is 358 g/mol. The molecule has 2 aromatic heterocycles. The van der Waals surface area contributed by atoms with E-state index in [4.69, 9.17) is 21.9 Å². The first-order valence-corrected chi connectivity index (χ1v) is 8.69. The molecule has 0 spiro atoms. The van der Waals surface area contributed by atoms with Gasteiger partial charge in [-0.15, -0.1) is 5.10 Å². The Balaban J connectivity index is 1.62. The van der Waals surface area contributed by atoms with Gasteiger partial charge in [-0.2, -0.15) is 5.26 Å². The van der Waals surface area contributed by atoms with Crippen molar-refractivity contribution < 1.29 is 4.42 Å². The molecule has 0 unspecified atom stereocenters. The van der Waals surface area contributed by atoms with Gasteiger partial charge in [0, 0.05) is 37.8 Å². The number of pyridine rings is 1. The lowest BCUT2D eigenvalue weighted by Gasteiger charge is -2.35. The zero-order valence-corrected chi connectivity index (χ0v) is 15.6. The highest BCUT2D eigenvalue weighted by molar-refractivity contribution is 7.71. The van der Waals surface area contributed by atoms with Gasteiger partial charge >= 0.3 is 0 Å². The van der Waals surface area contributed by atoms with Gasteiger partial charge in [-0.05, 0) is 24.4 Å². The number of aromatic nitrogens is 3. The largest absolute Gasteiger partial charge is 0.413 e. The lowest BCUT2D eigenvalue weighted by Crippen LogP contribution is -2.47. The summed E-state index contributed by atoms with van der Waals surface area (Å²) < 4.78 is 7.38. The van der Waals surface area contributed by atoms with Crippen LogP contribution in [0.5, 0.6) is 0 Å². The van der Waals surface area contributed by atoms with Crippen molar-refractivity contribution >= 4 is 18.0 Å². The van der Waals surface area contributed by atoms with Crippen molar-refractivity contribution in [3.8, 4) is 6.07 Å². The van der Waals surface area contributed by atoms with Crippen LogP contribution in [0.2, 0.25) is 0 Å². The SMILES string of the molecule is CC(C)(C)c1nn(CN2CCN(c3cc(C#N)ccn3)CC2)c(=S)o1. The van der Waals surface area contributed by atoms with E-state index in [0.29, 0.717) is 23.0 Å². The Hall–Kier alpha value is -2.24. The maximum Gasteiger partial charge on any atom is 0.288 e. The van der Waals surface area contributed by atoms with Crippen LogP contribution in [0.4, 0.5) is 5.82 Å². The molecule has 2 aromatic rings. The van der Waals surface area contributed by atoms with Crippen molar-refractivity contribution in [1.29, 1.82) is 5.26 Å². The standard InChI is InChI=1S/C17H22N6OS/c1-17(2,3)15-20-23(16(25)24-15)12-21-6-8-22(9-7-21)14-10-13(11-18)4-5-19-14/h4-5,10H,6-9,12H2,1-3H3. The normalized spacial score (nSPS) is 16.0. The van der Waals surface area contributed by atoms with Crippen LogP contribution in [-0.2, 0) is 12.1 Å². The van der Waals surface area contributed by atoms with Crippen molar-refractivity contribution in [3.05, 3.63) is 34.6 Å². The van der Waals surface area contributed by atoms with Crippen LogP contribution >= 0.6 is 12.2 Å². The van der Waals surface area contributed by atoms with Gasteiger partial charge in [0.1, 0.15) is 5.82 Å². The summed E-state index contributed by atoms with van der Waals surface area (Å²) in [5, 5.41) is 13.5. The third kappa shape index (κ3) is 4.06. The van der Waals surface area contributed by atoms with E-state index >= 15 is 0 Å². The molecule has 1 aliphatic heterocycles. The number of nitriles is 1. The molecule has 8 heteroatoms.